The highest BCUT2D eigenvalue weighted by Gasteiger charge is 2.10. The molecule has 2 aromatic rings. The van der Waals surface area contributed by atoms with E-state index < -0.39 is 0 Å². The Morgan fingerprint density at radius 1 is 1.15 bits per heavy atom. The minimum atomic E-state index is 0.202. The lowest BCUT2D eigenvalue weighted by molar-refractivity contribution is 0.373. The van der Waals surface area contributed by atoms with Crippen LogP contribution in [0.4, 0.5) is 12.0 Å². The van der Waals surface area contributed by atoms with Gasteiger partial charge in [-0.25, -0.2) is 0 Å². The van der Waals surface area contributed by atoms with Crippen molar-refractivity contribution >= 4 is 12.0 Å². The molecule has 9 heteroatoms. The first kappa shape index (κ1) is 14.0. The van der Waals surface area contributed by atoms with Crippen molar-refractivity contribution < 1.29 is 13.9 Å². The predicted molar refractivity (Wildman–Crippen MR) is 70.1 cm³/mol. The van der Waals surface area contributed by atoms with Crippen molar-refractivity contribution in [2.45, 2.75) is 13.5 Å². The average Bonchev–Trinajstić information content (AvgIpc) is 2.92. The first-order valence-electron chi connectivity index (χ1n) is 6.02. The summed E-state index contributed by atoms with van der Waals surface area (Å²) in [6.45, 7) is 3.32. The Morgan fingerprint density at radius 2 is 1.85 bits per heavy atom. The second kappa shape index (κ2) is 6.66. The number of aromatic nitrogens is 4. The number of nitrogens with one attached hydrogen (secondary N) is 2. The van der Waals surface area contributed by atoms with Gasteiger partial charge < -0.3 is 19.2 Å². The second-order valence-corrected chi connectivity index (χ2v) is 3.68. The molecule has 0 saturated carbocycles. The molecule has 0 aliphatic carbocycles. The Kier molecular flexibility index (Phi) is 4.66. The standard InChI is InChI=1S/C11H16N6O3/c1-4-12-6-9-16-17-11(20-9)15-10-13-7(18-2)5-8(14-10)19-3/h5,12H,4,6H2,1-3H3,(H,13,14,15,17). The number of rotatable bonds is 7. The highest BCUT2D eigenvalue weighted by atomic mass is 16.5. The van der Waals surface area contributed by atoms with Gasteiger partial charge in [0, 0.05) is 0 Å². The van der Waals surface area contributed by atoms with Gasteiger partial charge in [-0.3, -0.25) is 5.32 Å². The van der Waals surface area contributed by atoms with Gasteiger partial charge in [-0.15, -0.1) is 5.10 Å². The summed E-state index contributed by atoms with van der Waals surface area (Å²) in [5.41, 5.74) is 0. The van der Waals surface area contributed by atoms with Crippen molar-refractivity contribution in [2.24, 2.45) is 0 Å². The van der Waals surface area contributed by atoms with Crippen molar-refractivity contribution in [3.8, 4) is 11.8 Å². The first-order valence-corrected chi connectivity index (χ1v) is 6.02. The van der Waals surface area contributed by atoms with Gasteiger partial charge in [-0.05, 0) is 6.54 Å². The van der Waals surface area contributed by atoms with Gasteiger partial charge >= 0.3 is 6.01 Å². The summed E-state index contributed by atoms with van der Waals surface area (Å²) < 4.78 is 15.5. The molecule has 0 atom stereocenters. The third-order valence-corrected chi connectivity index (χ3v) is 2.31. The van der Waals surface area contributed by atoms with Gasteiger partial charge in [0.15, 0.2) is 0 Å². The molecule has 0 aliphatic rings. The predicted octanol–water partition coefficient (Wildman–Crippen LogP) is 0.730. The Labute approximate surface area is 115 Å². The molecule has 9 nitrogen and oxygen atoms in total. The molecule has 2 heterocycles. The van der Waals surface area contributed by atoms with Crippen molar-refractivity contribution in [1.29, 1.82) is 0 Å². The molecule has 2 N–H and O–H groups in total. The topological polar surface area (TPSA) is 107 Å². The highest BCUT2D eigenvalue weighted by Crippen LogP contribution is 2.19. The number of methoxy groups -OCH3 is 2. The fourth-order valence-electron chi connectivity index (χ4n) is 1.37. The van der Waals surface area contributed by atoms with Crippen LogP contribution in [0.5, 0.6) is 11.8 Å². The summed E-state index contributed by atoms with van der Waals surface area (Å²) in [5.74, 6) is 1.46. The maximum atomic E-state index is 5.38. The minimum absolute atomic E-state index is 0.202. The van der Waals surface area contributed by atoms with E-state index in [1.165, 1.54) is 14.2 Å². The van der Waals surface area contributed by atoms with Crippen LogP contribution in [0.3, 0.4) is 0 Å². The Hall–Kier alpha value is -2.42. The van der Waals surface area contributed by atoms with Crippen LogP contribution in [0.2, 0.25) is 0 Å². The van der Waals surface area contributed by atoms with E-state index in [1.54, 1.807) is 6.07 Å². The van der Waals surface area contributed by atoms with Crippen LogP contribution in [0.1, 0.15) is 12.8 Å². The van der Waals surface area contributed by atoms with Crippen molar-refractivity contribution in [3.05, 3.63) is 12.0 Å². The molecule has 20 heavy (non-hydrogen) atoms. The lowest BCUT2D eigenvalue weighted by Gasteiger charge is -2.05. The summed E-state index contributed by atoms with van der Waals surface area (Å²) in [6, 6.07) is 1.77. The van der Waals surface area contributed by atoms with E-state index >= 15 is 0 Å². The molecule has 0 spiro atoms. The van der Waals surface area contributed by atoms with Crippen LogP contribution in [0.15, 0.2) is 10.5 Å². The van der Waals surface area contributed by atoms with Crippen LogP contribution in [0, 0.1) is 0 Å². The Balaban J connectivity index is 2.10. The Bertz CT molecular complexity index is 537. The number of ether oxygens (including phenoxy) is 2. The quantitative estimate of drug-likeness (QED) is 0.758. The van der Waals surface area contributed by atoms with Gasteiger partial charge in [0.25, 0.3) is 0 Å². The maximum Gasteiger partial charge on any atom is 0.322 e. The third-order valence-electron chi connectivity index (χ3n) is 2.31. The SMILES string of the molecule is CCNCc1nnc(Nc2nc(OC)cc(OC)n2)o1. The zero-order valence-corrected chi connectivity index (χ0v) is 11.5. The lowest BCUT2D eigenvalue weighted by Crippen LogP contribution is -2.11. The van der Waals surface area contributed by atoms with Gasteiger partial charge in [-0.1, -0.05) is 12.0 Å². The zero-order valence-electron chi connectivity index (χ0n) is 11.5. The molecular formula is C11H16N6O3. The summed E-state index contributed by atoms with van der Waals surface area (Å²) in [5, 5.41) is 13.6. The molecular weight excluding hydrogens is 264 g/mol. The van der Waals surface area contributed by atoms with Crippen LogP contribution in [-0.4, -0.2) is 40.9 Å². The minimum Gasteiger partial charge on any atom is -0.481 e. The van der Waals surface area contributed by atoms with Gasteiger partial charge in [0.05, 0.1) is 26.8 Å². The van der Waals surface area contributed by atoms with E-state index in [4.69, 9.17) is 13.9 Å². The molecule has 0 fully saturated rings. The van der Waals surface area contributed by atoms with Crippen LogP contribution >= 0.6 is 0 Å². The number of hydrogen-bond acceptors (Lipinski definition) is 9. The molecule has 0 aliphatic heterocycles. The van der Waals surface area contributed by atoms with E-state index in [1.807, 2.05) is 6.92 Å². The van der Waals surface area contributed by atoms with Crippen molar-refractivity contribution in [1.82, 2.24) is 25.5 Å². The van der Waals surface area contributed by atoms with Gasteiger partial charge in [0.1, 0.15) is 0 Å². The monoisotopic (exact) mass is 280 g/mol. The summed E-state index contributed by atoms with van der Waals surface area (Å²) in [6.07, 6.45) is 0. The lowest BCUT2D eigenvalue weighted by atomic mass is 10.6. The normalized spacial score (nSPS) is 10.3. The zero-order chi connectivity index (χ0) is 14.4. The number of anilines is 2. The molecule has 2 aromatic heterocycles. The Morgan fingerprint density at radius 3 is 2.45 bits per heavy atom. The summed E-state index contributed by atoms with van der Waals surface area (Å²) >= 11 is 0. The molecule has 0 radical (unpaired) electrons. The highest BCUT2D eigenvalue weighted by molar-refractivity contribution is 5.42. The van der Waals surface area contributed by atoms with Crippen LogP contribution in [0.25, 0.3) is 0 Å². The van der Waals surface area contributed by atoms with E-state index in [0.29, 0.717) is 24.2 Å². The van der Waals surface area contributed by atoms with Gasteiger partial charge in [0.2, 0.25) is 23.6 Å². The van der Waals surface area contributed by atoms with Crippen molar-refractivity contribution in [2.75, 3.05) is 26.1 Å². The van der Waals surface area contributed by atoms with Crippen LogP contribution < -0.4 is 20.1 Å². The van der Waals surface area contributed by atoms with Crippen molar-refractivity contribution in [3.63, 3.8) is 0 Å². The third kappa shape index (κ3) is 3.54. The molecule has 0 bridgehead atoms. The molecule has 0 aromatic carbocycles. The van der Waals surface area contributed by atoms with Gasteiger partial charge in [-0.2, -0.15) is 9.97 Å². The second-order valence-electron chi connectivity index (χ2n) is 3.68. The maximum absolute atomic E-state index is 5.38. The fraction of sp³-hybridized carbons (Fsp3) is 0.455. The molecule has 0 amide bonds. The fourth-order valence-corrected chi connectivity index (χ4v) is 1.37. The average molecular weight is 280 g/mol. The van der Waals surface area contributed by atoms with E-state index in [9.17, 15) is 0 Å². The smallest absolute Gasteiger partial charge is 0.322 e. The summed E-state index contributed by atoms with van der Waals surface area (Å²) in [7, 11) is 3.01. The molecule has 0 unspecified atom stereocenters. The summed E-state index contributed by atoms with van der Waals surface area (Å²) in [4.78, 5) is 8.20. The largest absolute Gasteiger partial charge is 0.481 e. The van der Waals surface area contributed by atoms with E-state index in [0.717, 1.165) is 6.54 Å². The molecule has 108 valence electrons. The number of hydrogen-bond donors (Lipinski definition) is 2. The molecule has 2 rings (SSSR count). The molecule has 0 saturated heterocycles. The van der Waals surface area contributed by atoms with E-state index in [-0.39, 0.29) is 12.0 Å². The first-order chi connectivity index (χ1) is 9.75. The van der Waals surface area contributed by atoms with Crippen LogP contribution in [-0.2, 0) is 6.54 Å². The number of nitrogens with zero attached hydrogens (tertiary/aromatic N) is 4. The van der Waals surface area contributed by atoms with E-state index in [2.05, 4.69) is 30.8 Å².